The molecular weight excluding hydrogens is 733 g/mol. The van der Waals surface area contributed by atoms with E-state index in [0.717, 1.165) is 24.3 Å². The maximum absolute atomic E-state index is 13.7. The molecule has 1 unspecified atom stereocenters. The van der Waals surface area contributed by atoms with Crippen molar-refractivity contribution in [3.8, 4) is 22.6 Å². The number of amides is 3. The quantitative estimate of drug-likeness (QED) is 0.192. The van der Waals surface area contributed by atoms with Crippen molar-refractivity contribution < 1.29 is 63.4 Å². The average Bonchev–Trinajstić information content (AvgIpc) is 2.98. The Morgan fingerprint density at radius 3 is 2.08 bits per heavy atom. The Balaban J connectivity index is 1.51. The van der Waals surface area contributed by atoms with Gasteiger partial charge in [-0.25, -0.2) is 0 Å². The van der Waals surface area contributed by atoms with E-state index in [-0.39, 0.29) is 59.1 Å². The molecular formula is C30H23BrF9N3O5. The minimum Gasteiger partial charge on any atom is -0.483 e. The Bertz CT molecular complexity index is 1660. The number of carbonyl (C=O) groups excluding carboxylic acids is 3. The van der Waals surface area contributed by atoms with Gasteiger partial charge in [-0.15, -0.1) is 13.2 Å². The number of ether oxygens (including phenoxy) is 2. The van der Waals surface area contributed by atoms with Crippen molar-refractivity contribution in [2.24, 2.45) is 0 Å². The minimum atomic E-state index is -5.10. The van der Waals surface area contributed by atoms with E-state index in [4.69, 9.17) is 4.74 Å². The fourth-order valence-electron chi connectivity index (χ4n) is 4.88. The Hall–Kier alpha value is -4.48. The number of anilines is 1. The topological polar surface area (TPSA) is 88.2 Å². The third kappa shape index (κ3) is 8.90. The highest BCUT2D eigenvalue weighted by molar-refractivity contribution is 9.10. The van der Waals surface area contributed by atoms with Crippen molar-refractivity contribution in [2.45, 2.75) is 31.7 Å². The Morgan fingerprint density at radius 2 is 1.54 bits per heavy atom. The van der Waals surface area contributed by atoms with E-state index in [0.29, 0.717) is 12.1 Å². The van der Waals surface area contributed by atoms with Gasteiger partial charge in [0, 0.05) is 25.7 Å². The molecule has 3 amide bonds. The van der Waals surface area contributed by atoms with Crippen LogP contribution in [0.15, 0.2) is 59.1 Å². The summed E-state index contributed by atoms with van der Waals surface area (Å²) in [6, 6.07) is 6.94. The first-order valence-electron chi connectivity index (χ1n) is 13.7. The van der Waals surface area contributed by atoms with Gasteiger partial charge >= 0.3 is 18.7 Å². The Morgan fingerprint density at radius 1 is 0.896 bits per heavy atom. The lowest BCUT2D eigenvalue weighted by molar-refractivity contribution is -0.274. The number of carbonyl (C=O) groups is 3. The predicted octanol–water partition coefficient (Wildman–Crippen LogP) is 7.37. The smallest absolute Gasteiger partial charge is 0.483 e. The molecule has 3 aromatic carbocycles. The normalized spacial score (nSPS) is 15.6. The van der Waals surface area contributed by atoms with Crippen LogP contribution in [0.4, 0.5) is 45.2 Å². The minimum absolute atomic E-state index is 0.00347. The van der Waals surface area contributed by atoms with Gasteiger partial charge in [-0.3, -0.25) is 14.4 Å². The van der Waals surface area contributed by atoms with Crippen LogP contribution in [0, 0.1) is 0 Å². The monoisotopic (exact) mass is 755 g/mol. The predicted molar refractivity (Wildman–Crippen MR) is 155 cm³/mol. The van der Waals surface area contributed by atoms with Crippen LogP contribution in [-0.4, -0.2) is 66.7 Å². The summed E-state index contributed by atoms with van der Waals surface area (Å²) >= 11 is 3.05. The summed E-state index contributed by atoms with van der Waals surface area (Å²) in [5.41, 5.74) is -4.00. The van der Waals surface area contributed by atoms with Gasteiger partial charge in [-0.1, -0.05) is 6.07 Å². The van der Waals surface area contributed by atoms with Gasteiger partial charge in [0.05, 0.1) is 26.9 Å². The molecule has 1 heterocycles. The maximum atomic E-state index is 13.7. The van der Waals surface area contributed by atoms with E-state index in [9.17, 15) is 53.9 Å². The lowest BCUT2D eigenvalue weighted by atomic mass is 9.96. The third-order valence-corrected chi connectivity index (χ3v) is 7.73. The van der Waals surface area contributed by atoms with Crippen molar-refractivity contribution in [2.75, 3.05) is 31.6 Å². The van der Waals surface area contributed by atoms with Crippen molar-refractivity contribution >= 4 is 39.8 Å². The number of piperazine rings is 1. The Kier molecular flexibility index (Phi) is 10.6. The molecule has 0 aromatic heterocycles. The first-order valence-corrected chi connectivity index (χ1v) is 14.5. The number of nitrogens with zero attached hydrogens (tertiary/aromatic N) is 2. The van der Waals surface area contributed by atoms with E-state index < -0.39 is 65.6 Å². The van der Waals surface area contributed by atoms with Gasteiger partial charge in [0.25, 0.3) is 11.8 Å². The fraction of sp³-hybridized carbons (Fsp3) is 0.300. The molecule has 4 rings (SSSR count). The first kappa shape index (κ1) is 36.4. The second-order valence-electron chi connectivity index (χ2n) is 10.4. The van der Waals surface area contributed by atoms with Crippen LogP contribution in [0.5, 0.6) is 11.5 Å². The van der Waals surface area contributed by atoms with E-state index in [2.05, 4.69) is 26.0 Å². The molecule has 1 fully saturated rings. The molecule has 3 aromatic rings. The van der Waals surface area contributed by atoms with Gasteiger partial charge in [0.2, 0.25) is 6.41 Å². The first-order chi connectivity index (χ1) is 22.3. The second-order valence-corrected chi connectivity index (χ2v) is 11.3. The summed E-state index contributed by atoms with van der Waals surface area (Å²) in [6.07, 6.45) is -14.9. The van der Waals surface area contributed by atoms with Gasteiger partial charge in [-0.05, 0) is 82.5 Å². The molecule has 48 heavy (non-hydrogen) atoms. The van der Waals surface area contributed by atoms with Crippen molar-refractivity contribution in [1.29, 1.82) is 0 Å². The molecule has 1 atom stereocenters. The third-order valence-electron chi connectivity index (χ3n) is 7.11. The molecule has 258 valence electrons. The molecule has 18 heteroatoms. The van der Waals surface area contributed by atoms with Crippen molar-refractivity contribution in [3.05, 3.63) is 75.8 Å². The summed E-state index contributed by atoms with van der Waals surface area (Å²) in [7, 11) is 0. The summed E-state index contributed by atoms with van der Waals surface area (Å²) < 4.78 is 127. The summed E-state index contributed by atoms with van der Waals surface area (Å²) in [5.74, 6) is -1.70. The number of nitrogens with one attached hydrogen (secondary N) is 1. The number of halogens is 10. The van der Waals surface area contributed by atoms with Crippen molar-refractivity contribution in [3.63, 3.8) is 0 Å². The van der Waals surface area contributed by atoms with E-state index >= 15 is 0 Å². The SMILES string of the molecule is CC1CN(C(=O)COc2ccc(OC(F)(F)F)cc2Br)CCN1C(=O)c1cc(-c2cc(C(F)(F)F)cc(C(F)(F)F)c2)ccc1NC=O. The maximum Gasteiger partial charge on any atom is 0.573 e. The van der Waals surface area contributed by atoms with E-state index in [1.54, 1.807) is 6.92 Å². The molecule has 0 aliphatic carbocycles. The molecule has 1 N–H and O–H groups in total. The number of alkyl halides is 9. The van der Waals surface area contributed by atoms with Crippen LogP contribution in [0.2, 0.25) is 0 Å². The number of hydrogen-bond acceptors (Lipinski definition) is 5. The zero-order chi connectivity index (χ0) is 35.6. The van der Waals surface area contributed by atoms with Crippen LogP contribution < -0.4 is 14.8 Å². The zero-order valence-corrected chi connectivity index (χ0v) is 26.0. The fourth-order valence-corrected chi connectivity index (χ4v) is 5.35. The largest absolute Gasteiger partial charge is 0.573 e. The van der Waals surface area contributed by atoms with Gasteiger partial charge in [-0.2, -0.15) is 26.3 Å². The summed E-state index contributed by atoms with van der Waals surface area (Å²) in [4.78, 5) is 40.5. The highest BCUT2D eigenvalue weighted by Crippen LogP contribution is 2.39. The molecule has 0 radical (unpaired) electrons. The molecule has 1 aliphatic heterocycles. The van der Waals surface area contributed by atoms with Crippen LogP contribution in [0.3, 0.4) is 0 Å². The number of benzene rings is 3. The lowest BCUT2D eigenvalue weighted by Gasteiger charge is -2.40. The van der Waals surface area contributed by atoms with Gasteiger partial charge in [0.15, 0.2) is 6.61 Å². The highest BCUT2D eigenvalue weighted by Gasteiger charge is 2.38. The van der Waals surface area contributed by atoms with Crippen LogP contribution in [-0.2, 0) is 21.9 Å². The molecule has 0 bridgehead atoms. The standard InChI is InChI=1S/C30H23BrF9N3O5/c1-16-13-42(26(45)14-47-25-5-3-21(12-23(25)31)48-30(38,39)40)6-7-43(16)27(46)22-10-17(2-4-24(22)41-15-44)18-8-19(28(32,33)34)11-20(9-18)29(35,36)37/h2-5,8-12,15-16H,6-7,13-14H2,1H3,(H,41,44). The van der Waals surface area contributed by atoms with E-state index in [1.807, 2.05) is 0 Å². The van der Waals surface area contributed by atoms with Gasteiger partial charge < -0.3 is 24.6 Å². The molecule has 1 aliphatic rings. The van der Waals surface area contributed by atoms with E-state index in [1.165, 1.54) is 21.9 Å². The van der Waals surface area contributed by atoms with Crippen LogP contribution in [0.25, 0.3) is 11.1 Å². The molecule has 8 nitrogen and oxygen atoms in total. The zero-order valence-electron chi connectivity index (χ0n) is 24.4. The number of rotatable bonds is 8. The van der Waals surface area contributed by atoms with Crippen LogP contribution in [0.1, 0.15) is 28.4 Å². The molecule has 1 saturated heterocycles. The Labute approximate surface area is 274 Å². The highest BCUT2D eigenvalue weighted by atomic mass is 79.9. The molecule has 0 spiro atoms. The molecule has 0 saturated carbocycles. The lowest BCUT2D eigenvalue weighted by Crippen LogP contribution is -2.56. The van der Waals surface area contributed by atoms with Gasteiger partial charge in [0.1, 0.15) is 11.5 Å². The second kappa shape index (κ2) is 13.9. The van der Waals surface area contributed by atoms with Crippen LogP contribution >= 0.6 is 15.9 Å². The number of hydrogen-bond donors (Lipinski definition) is 1. The summed E-state index contributed by atoms with van der Waals surface area (Å²) in [5, 5.41) is 2.30. The van der Waals surface area contributed by atoms with Crippen molar-refractivity contribution in [1.82, 2.24) is 9.80 Å². The average molecular weight is 756 g/mol. The summed E-state index contributed by atoms with van der Waals surface area (Å²) in [6.45, 7) is 1.02.